The fraction of sp³-hybridized carbons (Fsp3) is 0.400. The highest BCUT2D eigenvalue weighted by atomic mass is 16.5. The van der Waals surface area contributed by atoms with Crippen LogP contribution in [0.1, 0.15) is 45.1 Å². The number of rotatable bonds is 8. The maximum atomic E-state index is 5.97. The third-order valence-corrected chi connectivity index (χ3v) is 4.47. The molecule has 0 amide bonds. The number of fused-ring (bicyclic) bond motifs is 1. The van der Waals surface area contributed by atoms with Gasteiger partial charge in [0.15, 0.2) is 0 Å². The van der Waals surface area contributed by atoms with Gasteiger partial charge in [0.2, 0.25) is 0 Å². The summed E-state index contributed by atoms with van der Waals surface area (Å²) >= 11 is 0. The van der Waals surface area contributed by atoms with E-state index in [2.05, 4.69) is 36.0 Å². The molecule has 0 saturated heterocycles. The number of nitrogens with zero attached hydrogens (tertiary/aromatic N) is 2. The largest absolute Gasteiger partial charge is 0.493 e. The zero-order chi connectivity index (χ0) is 16.1. The lowest BCUT2D eigenvalue weighted by molar-refractivity contribution is 0.233. The molecule has 0 fully saturated rings. The Kier molecular flexibility index (Phi) is 5.06. The summed E-state index contributed by atoms with van der Waals surface area (Å²) in [4.78, 5) is 8.68. The fourth-order valence-corrected chi connectivity index (χ4v) is 2.89. The highest BCUT2D eigenvalue weighted by Gasteiger charge is 2.18. The number of allylic oxidation sites excluding steroid dienone is 2. The summed E-state index contributed by atoms with van der Waals surface area (Å²) in [6, 6.07) is 8.24. The predicted octanol–water partition coefficient (Wildman–Crippen LogP) is 5.05. The molecule has 0 aromatic heterocycles. The highest BCUT2D eigenvalue weighted by molar-refractivity contribution is 6.13. The van der Waals surface area contributed by atoms with Crippen molar-refractivity contribution in [3.05, 3.63) is 47.2 Å². The van der Waals surface area contributed by atoms with Crippen molar-refractivity contribution >= 4 is 18.1 Å². The van der Waals surface area contributed by atoms with Gasteiger partial charge in [0.1, 0.15) is 5.75 Å². The quantitative estimate of drug-likeness (QED) is 0.662. The van der Waals surface area contributed by atoms with Crippen LogP contribution < -0.4 is 4.74 Å². The van der Waals surface area contributed by atoms with Gasteiger partial charge in [-0.3, -0.25) is 9.98 Å². The van der Waals surface area contributed by atoms with Crippen molar-refractivity contribution in [3.63, 3.8) is 0 Å². The van der Waals surface area contributed by atoms with Gasteiger partial charge < -0.3 is 4.74 Å². The van der Waals surface area contributed by atoms with E-state index in [1.165, 1.54) is 25.7 Å². The van der Waals surface area contributed by atoms with Crippen LogP contribution in [0.2, 0.25) is 0 Å². The molecule has 1 aromatic rings. The molecule has 0 bridgehead atoms. The monoisotopic (exact) mass is 308 g/mol. The van der Waals surface area contributed by atoms with Crippen molar-refractivity contribution in [2.45, 2.75) is 39.5 Å². The first-order chi connectivity index (χ1) is 11.3. The summed E-state index contributed by atoms with van der Waals surface area (Å²) in [6.45, 7) is 5.29. The highest BCUT2D eigenvalue weighted by Crippen LogP contribution is 2.31. The molecule has 0 saturated carbocycles. The summed E-state index contributed by atoms with van der Waals surface area (Å²) in [5.41, 5.74) is 4.32. The van der Waals surface area contributed by atoms with E-state index >= 15 is 0 Å². The molecule has 0 aliphatic carbocycles. The number of unbranched alkanes of at least 4 members (excludes halogenated alkanes) is 1. The Labute approximate surface area is 138 Å². The fourth-order valence-electron chi connectivity index (χ4n) is 2.89. The van der Waals surface area contributed by atoms with E-state index in [0.717, 1.165) is 34.8 Å². The molecule has 0 radical (unpaired) electrons. The van der Waals surface area contributed by atoms with E-state index in [9.17, 15) is 0 Å². The van der Waals surface area contributed by atoms with Crippen molar-refractivity contribution in [3.8, 4) is 5.75 Å². The molecule has 2 heterocycles. The molecule has 2 aliphatic rings. The first kappa shape index (κ1) is 15.7. The Morgan fingerprint density at radius 2 is 1.91 bits per heavy atom. The molecule has 0 spiro atoms. The predicted molar refractivity (Wildman–Crippen MR) is 97.2 cm³/mol. The van der Waals surface area contributed by atoms with E-state index in [1.54, 1.807) is 0 Å². The van der Waals surface area contributed by atoms with Crippen molar-refractivity contribution in [1.29, 1.82) is 0 Å². The SMILES string of the molecule is CCCCC(CC)COc1ccc(C2=C3C=NC=C3C=N2)cc1. The van der Waals surface area contributed by atoms with E-state index in [0.29, 0.717) is 5.92 Å². The number of hydrogen-bond donors (Lipinski definition) is 0. The average Bonchev–Trinajstić information content (AvgIpc) is 3.19. The second-order valence-electron chi connectivity index (χ2n) is 6.13. The molecule has 1 aromatic carbocycles. The average molecular weight is 308 g/mol. The summed E-state index contributed by atoms with van der Waals surface area (Å²) in [7, 11) is 0. The lowest BCUT2D eigenvalue weighted by Crippen LogP contribution is -2.11. The summed E-state index contributed by atoms with van der Waals surface area (Å²) in [6.07, 6.45) is 10.6. The standard InChI is InChI=1S/C20H24N2O/c1-3-5-6-15(4-2)14-23-18-9-7-16(8-10-18)20-19-13-21-11-17(19)12-22-20/h7-13,15H,3-6,14H2,1-2H3. The molecule has 2 aliphatic heterocycles. The normalized spacial score (nSPS) is 16.7. The topological polar surface area (TPSA) is 34.0 Å². The molecule has 3 rings (SSSR count). The van der Waals surface area contributed by atoms with Crippen LogP contribution >= 0.6 is 0 Å². The number of aliphatic imine (C=N–C) groups is 2. The van der Waals surface area contributed by atoms with Gasteiger partial charge in [0.25, 0.3) is 0 Å². The maximum Gasteiger partial charge on any atom is 0.119 e. The third-order valence-electron chi connectivity index (χ3n) is 4.47. The van der Waals surface area contributed by atoms with Crippen LogP contribution in [0, 0.1) is 5.92 Å². The minimum Gasteiger partial charge on any atom is -0.493 e. The second kappa shape index (κ2) is 7.40. The van der Waals surface area contributed by atoms with Crippen LogP contribution in [0.5, 0.6) is 5.75 Å². The Morgan fingerprint density at radius 3 is 2.65 bits per heavy atom. The van der Waals surface area contributed by atoms with Crippen LogP contribution in [0.25, 0.3) is 5.70 Å². The van der Waals surface area contributed by atoms with Gasteiger partial charge in [-0.15, -0.1) is 0 Å². The number of ether oxygens (including phenoxy) is 1. The molecule has 3 nitrogen and oxygen atoms in total. The van der Waals surface area contributed by atoms with Gasteiger partial charge in [-0.25, -0.2) is 0 Å². The van der Waals surface area contributed by atoms with E-state index in [1.807, 2.05) is 30.8 Å². The van der Waals surface area contributed by atoms with Crippen molar-refractivity contribution < 1.29 is 4.74 Å². The van der Waals surface area contributed by atoms with E-state index < -0.39 is 0 Å². The Balaban J connectivity index is 1.62. The maximum absolute atomic E-state index is 5.97. The van der Waals surface area contributed by atoms with Crippen LogP contribution in [-0.2, 0) is 0 Å². The van der Waals surface area contributed by atoms with E-state index in [4.69, 9.17) is 4.74 Å². The molecule has 120 valence electrons. The molecular formula is C20H24N2O. The summed E-state index contributed by atoms with van der Waals surface area (Å²) < 4.78 is 5.97. The minimum atomic E-state index is 0.654. The van der Waals surface area contributed by atoms with Crippen LogP contribution in [0.4, 0.5) is 0 Å². The van der Waals surface area contributed by atoms with Gasteiger partial charge in [0, 0.05) is 35.3 Å². The Morgan fingerprint density at radius 1 is 1.09 bits per heavy atom. The zero-order valence-electron chi connectivity index (χ0n) is 14.0. The molecular weight excluding hydrogens is 284 g/mol. The van der Waals surface area contributed by atoms with Crippen LogP contribution in [0.15, 0.2) is 51.6 Å². The van der Waals surface area contributed by atoms with Gasteiger partial charge in [-0.1, -0.05) is 33.1 Å². The molecule has 0 N–H and O–H groups in total. The molecule has 3 heteroatoms. The molecule has 1 unspecified atom stereocenters. The molecule has 1 atom stereocenters. The van der Waals surface area contributed by atoms with Crippen LogP contribution in [-0.4, -0.2) is 19.0 Å². The van der Waals surface area contributed by atoms with Gasteiger partial charge in [-0.2, -0.15) is 0 Å². The smallest absolute Gasteiger partial charge is 0.119 e. The minimum absolute atomic E-state index is 0.654. The Hall–Kier alpha value is -2.16. The lowest BCUT2D eigenvalue weighted by atomic mass is 10.0. The van der Waals surface area contributed by atoms with E-state index in [-0.39, 0.29) is 0 Å². The lowest BCUT2D eigenvalue weighted by Gasteiger charge is -2.15. The third kappa shape index (κ3) is 3.61. The zero-order valence-corrected chi connectivity index (χ0v) is 14.0. The van der Waals surface area contributed by atoms with Gasteiger partial charge in [-0.05, 0) is 36.6 Å². The first-order valence-electron chi connectivity index (χ1n) is 8.57. The van der Waals surface area contributed by atoms with Crippen molar-refractivity contribution in [2.75, 3.05) is 6.61 Å². The van der Waals surface area contributed by atoms with Gasteiger partial charge in [0.05, 0.1) is 12.3 Å². The van der Waals surface area contributed by atoms with Gasteiger partial charge >= 0.3 is 0 Å². The number of hydrogen-bond acceptors (Lipinski definition) is 3. The Bertz CT molecular complexity index is 665. The number of benzene rings is 1. The summed E-state index contributed by atoms with van der Waals surface area (Å²) in [5, 5.41) is 0. The van der Waals surface area contributed by atoms with Crippen molar-refractivity contribution in [1.82, 2.24) is 0 Å². The van der Waals surface area contributed by atoms with Crippen molar-refractivity contribution in [2.24, 2.45) is 15.9 Å². The van der Waals surface area contributed by atoms with Crippen LogP contribution in [0.3, 0.4) is 0 Å². The molecule has 23 heavy (non-hydrogen) atoms. The first-order valence-corrected chi connectivity index (χ1v) is 8.57. The summed E-state index contributed by atoms with van der Waals surface area (Å²) in [5.74, 6) is 1.59. The second-order valence-corrected chi connectivity index (χ2v) is 6.13.